The van der Waals surface area contributed by atoms with Crippen LogP contribution in [-0.2, 0) is 0 Å². The zero-order valence-corrected chi connectivity index (χ0v) is 13.0. The molecule has 1 saturated carbocycles. The number of amides is 1. The van der Waals surface area contributed by atoms with Crippen molar-refractivity contribution in [3.63, 3.8) is 0 Å². The van der Waals surface area contributed by atoms with Gasteiger partial charge in [0.15, 0.2) is 0 Å². The number of carbonyl (C=O) groups is 1. The van der Waals surface area contributed by atoms with Crippen LogP contribution in [0.4, 0.5) is 5.69 Å². The second-order valence-corrected chi connectivity index (χ2v) is 6.11. The van der Waals surface area contributed by atoms with Crippen LogP contribution in [0.25, 0.3) is 0 Å². The van der Waals surface area contributed by atoms with Crippen molar-refractivity contribution in [3.05, 3.63) is 28.8 Å². The van der Waals surface area contributed by atoms with Crippen molar-refractivity contribution in [2.45, 2.75) is 45.1 Å². The van der Waals surface area contributed by atoms with Crippen LogP contribution in [0, 0.1) is 5.92 Å². The zero-order valence-electron chi connectivity index (χ0n) is 12.2. The number of nitrogens with two attached hydrogens (primary N) is 1. The molecule has 1 aliphatic rings. The molecule has 4 heteroatoms. The van der Waals surface area contributed by atoms with Crippen LogP contribution < -0.4 is 5.73 Å². The summed E-state index contributed by atoms with van der Waals surface area (Å²) < 4.78 is 0. The van der Waals surface area contributed by atoms with Gasteiger partial charge in [-0.2, -0.15) is 0 Å². The fourth-order valence-electron chi connectivity index (χ4n) is 3.02. The molecule has 20 heavy (non-hydrogen) atoms. The molecule has 2 N–H and O–H groups in total. The average Bonchev–Trinajstić information content (AvgIpc) is 2.48. The molecular formula is C16H23ClN2O. The van der Waals surface area contributed by atoms with Crippen molar-refractivity contribution in [1.29, 1.82) is 0 Å². The third-order valence-electron chi connectivity index (χ3n) is 4.55. The van der Waals surface area contributed by atoms with E-state index in [0.29, 0.717) is 22.3 Å². The predicted octanol–water partition coefficient (Wildman–Crippen LogP) is 3.96. The number of rotatable bonds is 3. The first-order valence-corrected chi connectivity index (χ1v) is 7.73. The number of nitrogen functional groups attached to an aromatic ring is 1. The minimum absolute atomic E-state index is 0.0232. The molecule has 0 aromatic heterocycles. The number of para-hydroxylation sites is 1. The van der Waals surface area contributed by atoms with Gasteiger partial charge < -0.3 is 10.6 Å². The second kappa shape index (κ2) is 6.49. The maximum atomic E-state index is 12.6. The van der Waals surface area contributed by atoms with Gasteiger partial charge in [-0.05, 0) is 43.7 Å². The van der Waals surface area contributed by atoms with Crippen molar-refractivity contribution in [1.82, 2.24) is 4.90 Å². The van der Waals surface area contributed by atoms with Crippen molar-refractivity contribution in [2.24, 2.45) is 5.92 Å². The molecule has 110 valence electrons. The quantitative estimate of drug-likeness (QED) is 0.858. The summed E-state index contributed by atoms with van der Waals surface area (Å²) in [7, 11) is 1.87. The smallest absolute Gasteiger partial charge is 0.255 e. The fraction of sp³-hybridized carbons (Fsp3) is 0.562. The molecule has 2 rings (SSSR count). The van der Waals surface area contributed by atoms with Gasteiger partial charge in [0, 0.05) is 13.1 Å². The number of benzene rings is 1. The van der Waals surface area contributed by atoms with E-state index in [-0.39, 0.29) is 5.91 Å². The van der Waals surface area contributed by atoms with E-state index in [0.717, 1.165) is 18.8 Å². The molecule has 3 nitrogen and oxygen atoms in total. The maximum Gasteiger partial charge on any atom is 0.255 e. The van der Waals surface area contributed by atoms with Gasteiger partial charge in [0.25, 0.3) is 5.91 Å². The van der Waals surface area contributed by atoms with Crippen LogP contribution in [0.2, 0.25) is 5.02 Å². The Hall–Kier alpha value is -1.22. The van der Waals surface area contributed by atoms with Crippen molar-refractivity contribution in [3.8, 4) is 0 Å². The first kappa shape index (κ1) is 15.2. The molecule has 0 aliphatic heterocycles. The summed E-state index contributed by atoms with van der Waals surface area (Å²) in [5.41, 5.74) is 6.81. The molecule has 1 amide bonds. The third-order valence-corrected chi connectivity index (χ3v) is 4.87. The van der Waals surface area contributed by atoms with Gasteiger partial charge in [0.05, 0.1) is 16.3 Å². The minimum Gasteiger partial charge on any atom is -0.397 e. The molecule has 0 radical (unpaired) electrons. The van der Waals surface area contributed by atoms with Crippen LogP contribution in [0.1, 0.15) is 49.4 Å². The minimum atomic E-state index is -0.0232. The zero-order chi connectivity index (χ0) is 14.7. The molecule has 1 fully saturated rings. The highest BCUT2D eigenvalue weighted by Crippen LogP contribution is 2.30. The Morgan fingerprint density at radius 1 is 1.35 bits per heavy atom. The standard InChI is InChI=1S/C16H23ClN2O/c1-3-11-7-9-12(10-8-11)19(2)16(20)13-5-4-6-14(17)15(13)18/h4-6,11-12H,3,7-10,18H2,1-2H3. The van der Waals surface area contributed by atoms with E-state index >= 15 is 0 Å². The lowest BCUT2D eigenvalue weighted by molar-refractivity contribution is 0.0676. The van der Waals surface area contributed by atoms with E-state index in [4.69, 9.17) is 17.3 Å². The highest BCUT2D eigenvalue weighted by molar-refractivity contribution is 6.33. The molecule has 1 aromatic rings. The molecular weight excluding hydrogens is 272 g/mol. The van der Waals surface area contributed by atoms with Crippen LogP contribution in [0.15, 0.2) is 18.2 Å². The summed E-state index contributed by atoms with van der Waals surface area (Å²) in [5.74, 6) is 0.802. The monoisotopic (exact) mass is 294 g/mol. The Bertz CT molecular complexity index is 481. The van der Waals surface area contributed by atoms with Crippen LogP contribution in [0.3, 0.4) is 0 Å². The Kier molecular flexibility index (Phi) is 4.92. The molecule has 0 unspecified atom stereocenters. The Morgan fingerprint density at radius 3 is 2.60 bits per heavy atom. The summed E-state index contributed by atoms with van der Waals surface area (Å²) in [6.45, 7) is 2.24. The number of hydrogen-bond acceptors (Lipinski definition) is 2. The van der Waals surface area contributed by atoms with Crippen molar-refractivity contribution >= 4 is 23.2 Å². The lowest BCUT2D eigenvalue weighted by atomic mass is 9.84. The Balaban J connectivity index is 2.07. The Morgan fingerprint density at radius 2 is 2.00 bits per heavy atom. The summed E-state index contributed by atoms with van der Waals surface area (Å²) in [5, 5.41) is 0.443. The van der Waals surface area contributed by atoms with Gasteiger partial charge in [-0.25, -0.2) is 0 Å². The van der Waals surface area contributed by atoms with E-state index in [2.05, 4.69) is 6.92 Å². The van der Waals surface area contributed by atoms with Gasteiger partial charge >= 0.3 is 0 Å². The summed E-state index contributed by atoms with van der Waals surface area (Å²) >= 11 is 5.99. The van der Waals surface area contributed by atoms with E-state index in [9.17, 15) is 4.79 Å². The fourth-order valence-corrected chi connectivity index (χ4v) is 3.19. The van der Waals surface area contributed by atoms with E-state index in [1.807, 2.05) is 11.9 Å². The summed E-state index contributed by atoms with van der Waals surface area (Å²) in [6, 6.07) is 5.55. The maximum absolute atomic E-state index is 12.6. The molecule has 0 atom stereocenters. The molecule has 0 saturated heterocycles. The first-order chi connectivity index (χ1) is 9.54. The number of nitrogens with zero attached hydrogens (tertiary/aromatic N) is 1. The van der Waals surface area contributed by atoms with Gasteiger partial charge in [0.2, 0.25) is 0 Å². The van der Waals surface area contributed by atoms with Crippen LogP contribution >= 0.6 is 11.6 Å². The lowest BCUT2D eigenvalue weighted by Gasteiger charge is -2.34. The molecule has 0 heterocycles. The number of hydrogen-bond donors (Lipinski definition) is 1. The number of carbonyl (C=O) groups excluding carboxylic acids is 1. The summed E-state index contributed by atoms with van der Waals surface area (Å²) in [6.07, 6.45) is 5.84. The Labute approximate surface area is 126 Å². The molecule has 1 aliphatic carbocycles. The van der Waals surface area contributed by atoms with Gasteiger partial charge in [0.1, 0.15) is 0 Å². The topological polar surface area (TPSA) is 46.3 Å². The van der Waals surface area contributed by atoms with Gasteiger partial charge in [-0.1, -0.05) is 31.0 Å². The van der Waals surface area contributed by atoms with Crippen molar-refractivity contribution in [2.75, 3.05) is 12.8 Å². The first-order valence-electron chi connectivity index (χ1n) is 7.35. The molecule has 0 spiro atoms. The lowest BCUT2D eigenvalue weighted by Crippen LogP contribution is -2.39. The molecule has 1 aromatic carbocycles. The van der Waals surface area contributed by atoms with Crippen LogP contribution in [-0.4, -0.2) is 23.9 Å². The SMILES string of the molecule is CCC1CCC(N(C)C(=O)c2cccc(Cl)c2N)CC1. The third kappa shape index (κ3) is 3.09. The highest BCUT2D eigenvalue weighted by Gasteiger charge is 2.27. The highest BCUT2D eigenvalue weighted by atomic mass is 35.5. The number of halogens is 1. The predicted molar refractivity (Wildman–Crippen MR) is 84.0 cm³/mol. The van der Waals surface area contributed by atoms with E-state index < -0.39 is 0 Å². The van der Waals surface area contributed by atoms with E-state index in [1.165, 1.54) is 19.3 Å². The summed E-state index contributed by atoms with van der Waals surface area (Å²) in [4.78, 5) is 14.4. The van der Waals surface area contributed by atoms with E-state index in [1.54, 1.807) is 18.2 Å². The normalized spacial score (nSPS) is 22.6. The average molecular weight is 295 g/mol. The molecule has 0 bridgehead atoms. The van der Waals surface area contributed by atoms with Crippen LogP contribution in [0.5, 0.6) is 0 Å². The largest absolute Gasteiger partial charge is 0.397 e. The number of anilines is 1. The van der Waals surface area contributed by atoms with Crippen molar-refractivity contribution < 1.29 is 4.79 Å². The van der Waals surface area contributed by atoms with Gasteiger partial charge in [-0.15, -0.1) is 0 Å². The second-order valence-electron chi connectivity index (χ2n) is 5.70. The van der Waals surface area contributed by atoms with Gasteiger partial charge in [-0.3, -0.25) is 4.79 Å².